The van der Waals surface area contributed by atoms with Gasteiger partial charge < -0.3 is 20.3 Å². The average Bonchev–Trinajstić information content (AvgIpc) is 2.46. The quantitative estimate of drug-likeness (QED) is 0.603. The third-order valence-corrected chi connectivity index (χ3v) is 2.80. The maximum absolute atomic E-state index is 10.8. The topological polar surface area (TPSA) is 81.8 Å². The number of benzene rings is 2. The number of carbonyl (C=O) groups is 1. The Morgan fingerprint density at radius 2 is 1.67 bits per heavy atom. The predicted molar refractivity (Wildman–Crippen MR) is 79.6 cm³/mol. The summed E-state index contributed by atoms with van der Waals surface area (Å²) in [6, 6.07) is 14.2. The molecule has 0 saturated carbocycles. The second-order valence-electron chi connectivity index (χ2n) is 4.44. The first-order valence-corrected chi connectivity index (χ1v) is 6.56. The summed E-state index contributed by atoms with van der Waals surface area (Å²) in [5.41, 5.74) is 6.92. The summed E-state index contributed by atoms with van der Waals surface area (Å²) in [6.45, 7) is 0.701. The average molecular weight is 287 g/mol. The van der Waals surface area contributed by atoms with Crippen molar-refractivity contribution in [3.05, 3.63) is 54.1 Å². The van der Waals surface area contributed by atoms with E-state index in [0.29, 0.717) is 36.0 Å². The van der Waals surface area contributed by atoms with Gasteiger partial charge in [0.15, 0.2) is 0 Å². The van der Waals surface area contributed by atoms with Crippen LogP contribution in [0.4, 0.5) is 5.69 Å². The molecule has 5 nitrogen and oxygen atoms in total. The summed E-state index contributed by atoms with van der Waals surface area (Å²) in [6.07, 6.45) is -0.0605. The number of hydrogen-bond acceptors (Lipinski definition) is 4. The van der Waals surface area contributed by atoms with Crippen molar-refractivity contribution >= 4 is 11.7 Å². The molecule has 0 amide bonds. The first-order chi connectivity index (χ1) is 10.1. The molecule has 0 aliphatic heterocycles. The molecule has 0 heterocycles. The molecule has 0 atom stereocenters. The predicted octanol–water partition coefficient (Wildman–Crippen LogP) is 2.35. The number of rotatable bonds is 7. The number of anilines is 1. The number of aliphatic carboxylic acids is 1. The minimum atomic E-state index is -0.885. The highest BCUT2D eigenvalue weighted by Gasteiger charge is 2.07. The lowest BCUT2D eigenvalue weighted by Crippen LogP contribution is -2.11. The van der Waals surface area contributed by atoms with Crippen LogP contribution in [-0.4, -0.2) is 24.3 Å². The Morgan fingerprint density at radius 3 is 2.38 bits per heavy atom. The molecule has 3 N–H and O–H groups in total. The van der Waals surface area contributed by atoms with E-state index in [1.807, 2.05) is 6.07 Å². The van der Waals surface area contributed by atoms with Gasteiger partial charge in [-0.15, -0.1) is 0 Å². The first kappa shape index (κ1) is 14.7. The van der Waals surface area contributed by atoms with Gasteiger partial charge in [0.25, 0.3) is 0 Å². The number of para-hydroxylation sites is 1. The third kappa shape index (κ3) is 4.72. The highest BCUT2D eigenvalue weighted by molar-refractivity contribution is 5.71. The lowest BCUT2D eigenvalue weighted by atomic mass is 10.1. The summed E-state index contributed by atoms with van der Waals surface area (Å²) in [4.78, 5) is 10.8. The van der Waals surface area contributed by atoms with Crippen LogP contribution in [0, 0.1) is 0 Å². The molecule has 110 valence electrons. The third-order valence-electron chi connectivity index (χ3n) is 2.80. The molecular weight excluding hydrogens is 270 g/mol. The molecule has 0 unspecified atom stereocenters. The number of nitrogen functional groups attached to an aromatic ring is 1. The second-order valence-corrected chi connectivity index (χ2v) is 4.44. The van der Waals surface area contributed by atoms with Crippen molar-refractivity contribution in [2.45, 2.75) is 6.42 Å². The van der Waals surface area contributed by atoms with Gasteiger partial charge in [-0.2, -0.15) is 0 Å². The van der Waals surface area contributed by atoms with Crippen LogP contribution in [0.1, 0.15) is 5.56 Å². The Kier molecular flexibility index (Phi) is 5.04. The molecule has 0 spiro atoms. The van der Waals surface area contributed by atoms with Crippen molar-refractivity contribution in [2.75, 3.05) is 18.9 Å². The van der Waals surface area contributed by atoms with E-state index in [0.717, 1.165) is 0 Å². The molecule has 2 rings (SSSR count). The summed E-state index contributed by atoms with van der Waals surface area (Å²) in [5, 5.41) is 8.84. The van der Waals surface area contributed by atoms with Crippen molar-refractivity contribution in [2.24, 2.45) is 0 Å². The molecule has 0 bridgehead atoms. The van der Waals surface area contributed by atoms with Crippen LogP contribution < -0.4 is 15.2 Å². The molecule has 0 aliphatic carbocycles. The summed E-state index contributed by atoms with van der Waals surface area (Å²) in [5.74, 6) is 0.400. The van der Waals surface area contributed by atoms with Crippen molar-refractivity contribution in [3.63, 3.8) is 0 Å². The minimum absolute atomic E-state index is 0.0605. The van der Waals surface area contributed by atoms with Crippen molar-refractivity contribution < 1.29 is 19.4 Å². The van der Waals surface area contributed by atoms with Crippen LogP contribution in [-0.2, 0) is 11.2 Å². The molecule has 2 aromatic rings. The van der Waals surface area contributed by atoms with Crippen molar-refractivity contribution in [3.8, 4) is 11.5 Å². The minimum Gasteiger partial charge on any atom is -0.490 e. The summed E-state index contributed by atoms with van der Waals surface area (Å²) in [7, 11) is 0. The molecular formula is C16H17NO4. The number of nitrogens with two attached hydrogens (primary N) is 1. The van der Waals surface area contributed by atoms with Gasteiger partial charge in [0.1, 0.15) is 24.7 Å². The Labute approximate surface area is 122 Å². The molecule has 21 heavy (non-hydrogen) atoms. The normalized spacial score (nSPS) is 10.1. The molecule has 0 fully saturated rings. The number of ether oxygens (including phenoxy) is 2. The van der Waals surface area contributed by atoms with E-state index in [1.54, 1.807) is 42.5 Å². The second kappa shape index (κ2) is 7.19. The standard InChI is InChI=1S/C16H17NO4/c17-13-5-7-14(8-6-13)20-9-10-21-15-4-2-1-3-12(15)11-16(18)19/h1-8H,9-11,17H2,(H,18,19). The fourth-order valence-electron chi connectivity index (χ4n) is 1.83. The Morgan fingerprint density at radius 1 is 1.00 bits per heavy atom. The number of hydrogen-bond donors (Lipinski definition) is 2. The van der Waals surface area contributed by atoms with Gasteiger partial charge in [-0.25, -0.2) is 0 Å². The van der Waals surface area contributed by atoms with Crippen LogP contribution in [0.3, 0.4) is 0 Å². The van der Waals surface area contributed by atoms with Gasteiger partial charge in [-0.3, -0.25) is 4.79 Å². The largest absolute Gasteiger partial charge is 0.490 e. The van der Waals surface area contributed by atoms with E-state index >= 15 is 0 Å². The van der Waals surface area contributed by atoms with Gasteiger partial charge in [0.2, 0.25) is 0 Å². The molecule has 0 saturated heterocycles. The molecule has 2 aromatic carbocycles. The zero-order valence-electron chi connectivity index (χ0n) is 11.5. The molecule has 0 aliphatic rings. The van der Waals surface area contributed by atoms with Crippen LogP contribution >= 0.6 is 0 Å². The number of carboxylic acids is 1. The first-order valence-electron chi connectivity index (χ1n) is 6.56. The van der Waals surface area contributed by atoms with Crippen LogP contribution in [0.5, 0.6) is 11.5 Å². The highest BCUT2D eigenvalue weighted by atomic mass is 16.5. The molecule has 0 radical (unpaired) electrons. The molecule has 5 heteroatoms. The maximum atomic E-state index is 10.8. The van der Waals surface area contributed by atoms with E-state index in [2.05, 4.69) is 0 Å². The van der Waals surface area contributed by atoms with Crippen LogP contribution in [0.15, 0.2) is 48.5 Å². The van der Waals surface area contributed by atoms with Crippen LogP contribution in [0.2, 0.25) is 0 Å². The van der Waals surface area contributed by atoms with E-state index < -0.39 is 5.97 Å². The van der Waals surface area contributed by atoms with E-state index in [9.17, 15) is 4.79 Å². The Balaban J connectivity index is 1.83. The lowest BCUT2D eigenvalue weighted by Gasteiger charge is -2.11. The Hall–Kier alpha value is -2.69. The van der Waals surface area contributed by atoms with Gasteiger partial charge >= 0.3 is 5.97 Å². The van der Waals surface area contributed by atoms with Gasteiger partial charge in [-0.1, -0.05) is 18.2 Å². The van der Waals surface area contributed by atoms with Crippen LogP contribution in [0.25, 0.3) is 0 Å². The maximum Gasteiger partial charge on any atom is 0.307 e. The monoisotopic (exact) mass is 287 g/mol. The van der Waals surface area contributed by atoms with Gasteiger partial charge in [-0.05, 0) is 30.3 Å². The van der Waals surface area contributed by atoms with Gasteiger partial charge in [0, 0.05) is 11.3 Å². The number of carboxylic acid groups (broad SMARTS) is 1. The zero-order valence-corrected chi connectivity index (χ0v) is 11.5. The fraction of sp³-hybridized carbons (Fsp3) is 0.188. The van der Waals surface area contributed by atoms with Crippen molar-refractivity contribution in [1.82, 2.24) is 0 Å². The van der Waals surface area contributed by atoms with E-state index in [1.165, 1.54) is 0 Å². The summed E-state index contributed by atoms with van der Waals surface area (Å²) >= 11 is 0. The van der Waals surface area contributed by atoms with E-state index in [4.69, 9.17) is 20.3 Å². The van der Waals surface area contributed by atoms with E-state index in [-0.39, 0.29) is 6.42 Å². The Bertz CT molecular complexity index is 595. The zero-order chi connectivity index (χ0) is 15.1. The summed E-state index contributed by atoms with van der Waals surface area (Å²) < 4.78 is 11.1. The SMILES string of the molecule is Nc1ccc(OCCOc2ccccc2CC(=O)O)cc1. The lowest BCUT2D eigenvalue weighted by molar-refractivity contribution is -0.136. The fourth-order valence-corrected chi connectivity index (χ4v) is 1.83. The van der Waals surface area contributed by atoms with Crippen molar-refractivity contribution in [1.29, 1.82) is 0 Å². The highest BCUT2D eigenvalue weighted by Crippen LogP contribution is 2.18. The molecule has 0 aromatic heterocycles. The smallest absolute Gasteiger partial charge is 0.307 e. The van der Waals surface area contributed by atoms with Gasteiger partial charge in [0.05, 0.1) is 6.42 Å².